The van der Waals surface area contributed by atoms with Gasteiger partial charge in [-0.15, -0.1) is 0 Å². The summed E-state index contributed by atoms with van der Waals surface area (Å²) in [5, 5.41) is 7.08. The Kier molecular flexibility index (Phi) is 4.70. The number of imidazole rings is 1. The van der Waals surface area contributed by atoms with E-state index in [1.54, 1.807) is 10.9 Å². The van der Waals surface area contributed by atoms with E-state index in [4.69, 9.17) is 0 Å². The average molecular weight is 359 g/mol. The van der Waals surface area contributed by atoms with Crippen LogP contribution in [-0.2, 0) is 24.2 Å². The number of nitrogens with zero attached hydrogens (tertiary/aromatic N) is 3. The van der Waals surface area contributed by atoms with Gasteiger partial charge in [-0.25, -0.2) is 4.98 Å². The first kappa shape index (κ1) is 17.0. The summed E-state index contributed by atoms with van der Waals surface area (Å²) in [5.41, 5.74) is 5.04. The van der Waals surface area contributed by atoms with Crippen LogP contribution >= 0.6 is 0 Å². The van der Waals surface area contributed by atoms with E-state index >= 15 is 0 Å². The summed E-state index contributed by atoms with van der Waals surface area (Å²) >= 11 is 0. The first-order chi connectivity index (χ1) is 13.2. The van der Waals surface area contributed by atoms with Crippen molar-refractivity contribution in [1.82, 2.24) is 19.7 Å². The van der Waals surface area contributed by atoms with Gasteiger partial charge in [0.05, 0.1) is 17.2 Å². The number of hydrogen-bond donors (Lipinski definition) is 2. The number of fused-ring (bicyclic) bond motifs is 1. The quantitative estimate of drug-likeness (QED) is 0.553. The molecule has 0 aliphatic heterocycles. The maximum absolute atomic E-state index is 12.2. The van der Waals surface area contributed by atoms with Crippen molar-refractivity contribution < 1.29 is 4.79 Å². The Morgan fingerprint density at radius 2 is 2.04 bits per heavy atom. The van der Waals surface area contributed by atoms with Crippen LogP contribution in [0.15, 0.2) is 60.9 Å². The summed E-state index contributed by atoms with van der Waals surface area (Å²) in [7, 11) is 0. The lowest BCUT2D eigenvalue weighted by atomic mass is 10.1. The Hall–Kier alpha value is -3.41. The van der Waals surface area contributed by atoms with Crippen molar-refractivity contribution >= 4 is 22.6 Å². The lowest BCUT2D eigenvalue weighted by Crippen LogP contribution is -2.19. The highest BCUT2D eigenvalue weighted by Crippen LogP contribution is 2.15. The first-order valence-corrected chi connectivity index (χ1v) is 8.97. The molecule has 136 valence electrons. The number of benzene rings is 2. The van der Waals surface area contributed by atoms with Gasteiger partial charge in [0, 0.05) is 18.3 Å². The maximum atomic E-state index is 12.2. The van der Waals surface area contributed by atoms with Gasteiger partial charge in [0.2, 0.25) is 5.91 Å². The monoisotopic (exact) mass is 359 g/mol. The fraction of sp³-hybridized carbons (Fsp3) is 0.190. The largest absolute Gasteiger partial charge is 0.342 e. The molecule has 1 amide bonds. The second-order valence-corrected chi connectivity index (χ2v) is 6.66. The van der Waals surface area contributed by atoms with Gasteiger partial charge >= 0.3 is 0 Å². The van der Waals surface area contributed by atoms with Crippen LogP contribution in [0.25, 0.3) is 11.0 Å². The van der Waals surface area contributed by atoms with Crippen LogP contribution in [-0.4, -0.2) is 25.7 Å². The van der Waals surface area contributed by atoms with Crippen molar-refractivity contribution in [2.45, 2.75) is 26.3 Å². The molecule has 0 unspecified atom stereocenters. The normalized spacial score (nSPS) is 11.0. The molecule has 2 aromatic carbocycles. The molecule has 0 radical (unpaired) electrons. The Labute approximate surface area is 157 Å². The highest BCUT2D eigenvalue weighted by molar-refractivity contribution is 5.90. The van der Waals surface area contributed by atoms with Gasteiger partial charge in [0.25, 0.3) is 0 Å². The van der Waals surface area contributed by atoms with Crippen molar-refractivity contribution in [3.8, 4) is 0 Å². The number of carbonyl (C=O) groups is 1. The third kappa shape index (κ3) is 4.23. The minimum Gasteiger partial charge on any atom is -0.342 e. The van der Waals surface area contributed by atoms with E-state index in [2.05, 4.69) is 26.4 Å². The molecular weight excluding hydrogens is 338 g/mol. The molecule has 0 fully saturated rings. The van der Waals surface area contributed by atoms with Gasteiger partial charge in [-0.1, -0.05) is 24.3 Å². The average Bonchev–Trinajstić information content (AvgIpc) is 3.25. The molecule has 4 aromatic rings. The second kappa shape index (κ2) is 7.45. The van der Waals surface area contributed by atoms with Crippen LogP contribution in [0.1, 0.15) is 17.0 Å². The molecule has 0 bridgehead atoms. The van der Waals surface area contributed by atoms with Gasteiger partial charge in [0.15, 0.2) is 0 Å². The first-order valence-electron chi connectivity index (χ1n) is 8.97. The minimum absolute atomic E-state index is 0.0902. The molecule has 0 aliphatic carbocycles. The van der Waals surface area contributed by atoms with Crippen LogP contribution in [0.2, 0.25) is 0 Å². The van der Waals surface area contributed by atoms with Crippen molar-refractivity contribution in [3.63, 3.8) is 0 Å². The molecule has 6 nitrogen and oxygen atoms in total. The molecule has 2 N–H and O–H groups in total. The zero-order chi connectivity index (χ0) is 18.6. The van der Waals surface area contributed by atoms with Crippen molar-refractivity contribution in [2.24, 2.45) is 0 Å². The predicted molar refractivity (Wildman–Crippen MR) is 106 cm³/mol. The van der Waals surface area contributed by atoms with Crippen LogP contribution in [0, 0.1) is 6.92 Å². The summed E-state index contributed by atoms with van der Waals surface area (Å²) in [6.45, 7) is 2.16. The Morgan fingerprint density at radius 1 is 1.15 bits per heavy atom. The summed E-state index contributed by atoms with van der Waals surface area (Å²) < 4.78 is 1.64. The van der Waals surface area contributed by atoms with Crippen LogP contribution in [0.4, 0.5) is 5.69 Å². The number of anilines is 1. The van der Waals surface area contributed by atoms with Crippen LogP contribution in [0.5, 0.6) is 0 Å². The number of aromatic nitrogens is 4. The van der Waals surface area contributed by atoms with E-state index in [9.17, 15) is 4.79 Å². The number of aromatic amines is 1. The van der Waals surface area contributed by atoms with E-state index in [1.807, 2.05) is 55.6 Å². The number of H-pyrrole nitrogens is 1. The van der Waals surface area contributed by atoms with Crippen molar-refractivity contribution in [2.75, 3.05) is 5.32 Å². The minimum atomic E-state index is -0.0902. The molecule has 6 heteroatoms. The van der Waals surface area contributed by atoms with Gasteiger partial charge in [-0.3, -0.25) is 9.48 Å². The van der Waals surface area contributed by atoms with Crippen molar-refractivity contribution in [1.29, 1.82) is 0 Å². The summed E-state index contributed by atoms with van der Waals surface area (Å²) in [4.78, 5) is 20.2. The van der Waals surface area contributed by atoms with Crippen LogP contribution in [0.3, 0.4) is 0 Å². The van der Waals surface area contributed by atoms with E-state index < -0.39 is 0 Å². The Balaban J connectivity index is 1.37. The van der Waals surface area contributed by atoms with E-state index in [1.165, 1.54) is 0 Å². The predicted octanol–water partition coefficient (Wildman–Crippen LogP) is 3.49. The molecule has 2 heterocycles. The van der Waals surface area contributed by atoms with Gasteiger partial charge < -0.3 is 10.3 Å². The molecule has 0 aliphatic rings. The molecular formula is C21H21N5O. The maximum Gasteiger partial charge on any atom is 0.246 e. The molecule has 2 aromatic heterocycles. The molecule has 0 spiro atoms. The zero-order valence-electron chi connectivity index (χ0n) is 15.1. The van der Waals surface area contributed by atoms with Gasteiger partial charge in [0.1, 0.15) is 12.4 Å². The number of para-hydroxylation sites is 2. The Morgan fingerprint density at radius 3 is 2.85 bits per heavy atom. The molecule has 0 saturated carbocycles. The molecule has 4 rings (SSSR count). The zero-order valence-corrected chi connectivity index (χ0v) is 15.1. The highest BCUT2D eigenvalue weighted by Gasteiger charge is 2.06. The summed E-state index contributed by atoms with van der Waals surface area (Å²) in [6.07, 6.45) is 5.26. The number of hydrogen-bond acceptors (Lipinski definition) is 3. The fourth-order valence-electron chi connectivity index (χ4n) is 3.09. The number of carbonyl (C=O) groups excluding carboxylic acids is 1. The standard InChI is InChI=1S/C21H21N5O/c1-15-12-22-26(13-15)14-21(27)23-17-6-4-5-16(11-17)9-10-20-24-18-7-2-3-8-19(18)25-20/h2-8,11-13H,9-10,14H2,1H3,(H,23,27)(H,24,25). The fourth-order valence-corrected chi connectivity index (χ4v) is 3.09. The Bertz CT molecular complexity index is 1050. The number of amides is 1. The lowest BCUT2D eigenvalue weighted by Gasteiger charge is -2.07. The summed E-state index contributed by atoms with van der Waals surface area (Å²) in [5.74, 6) is 0.882. The topological polar surface area (TPSA) is 75.6 Å². The van der Waals surface area contributed by atoms with E-state index in [0.717, 1.165) is 46.5 Å². The van der Waals surface area contributed by atoms with Gasteiger partial charge in [-0.05, 0) is 48.7 Å². The van der Waals surface area contributed by atoms with Crippen molar-refractivity contribution in [3.05, 3.63) is 77.9 Å². The van der Waals surface area contributed by atoms with Gasteiger partial charge in [-0.2, -0.15) is 5.10 Å². The van der Waals surface area contributed by atoms with E-state index in [0.29, 0.717) is 0 Å². The summed E-state index contributed by atoms with van der Waals surface area (Å²) in [6, 6.07) is 16.0. The third-order valence-electron chi connectivity index (χ3n) is 4.37. The number of nitrogens with one attached hydrogen (secondary N) is 2. The number of aryl methyl sites for hydroxylation is 3. The third-order valence-corrected chi connectivity index (χ3v) is 4.37. The SMILES string of the molecule is Cc1cnn(CC(=O)Nc2cccc(CCc3nc4ccccc4[nH]3)c2)c1. The number of rotatable bonds is 6. The van der Waals surface area contributed by atoms with E-state index in [-0.39, 0.29) is 12.5 Å². The highest BCUT2D eigenvalue weighted by atomic mass is 16.2. The smallest absolute Gasteiger partial charge is 0.246 e. The molecule has 0 atom stereocenters. The molecule has 27 heavy (non-hydrogen) atoms. The lowest BCUT2D eigenvalue weighted by molar-refractivity contribution is -0.116. The molecule has 0 saturated heterocycles. The van der Waals surface area contributed by atoms with Crippen LogP contribution < -0.4 is 5.32 Å². The second-order valence-electron chi connectivity index (χ2n) is 6.66.